The highest BCUT2D eigenvalue weighted by molar-refractivity contribution is 7.89. The summed E-state index contributed by atoms with van der Waals surface area (Å²) in [6.07, 6.45) is 0.553. The highest BCUT2D eigenvalue weighted by Gasteiger charge is 2.23. The third kappa shape index (κ3) is 3.18. The van der Waals surface area contributed by atoms with Crippen molar-refractivity contribution in [1.82, 2.24) is 19.9 Å². The highest BCUT2D eigenvalue weighted by atomic mass is 32.2. The van der Waals surface area contributed by atoms with E-state index in [1.807, 2.05) is 5.38 Å². The molecule has 0 atom stereocenters. The number of thiazole rings is 1. The van der Waals surface area contributed by atoms with Crippen LogP contribution in [0.25, 0.3) is 0 Å². The zero-order valence-electron chi connectivity index (χ0n) is 10.4. The minimum atomic E-state index is -3.59. The van der Waals surface area contributed by atoms with Crippen LogP contribution in [0.3, 0.4) is 0 Å². The van der Waals surface area contributed by atoms with E-state index in [1.165, 1.54) is 11.3 Å². The summed E-state index contributed by atoms with van der Waals surface area (Å²) in [7, 11) is -3.59. The van der Waals surface area contributed by atoms with Gasteiger partial charge in [-0.2, -0.15) is 5.10 Å². The van der Waals surface area contributed by atoms with Crippen LogP contribution in [-0.4, -0.2) is 30.1 Å². The molecule has 0 amide bonds. The van der Waals surface area contributed by atoms with Gasteiger partial charge in [0.1, 0.15) is 4.90 Å². The number of aromatic amines is 1. The van der Waals surface area contributed by atoms with Gasteiger partial charge in [0.25, 0.3) is 0 Å². The van der Waals surface area contributed by atoms with E-state index in [2.05, 4.69) is 19.9 Å². The van der Waals surface area contributed by atoms with Gasteiger partial charge in [-0.3, -0.25) is 5.10 Å². The fraction of sp³-hybridized carbons (Fsp3) is 0.400. The van der Waals surface area contributed by atoms with Gasteiger partial charge < -0.3 is 5.73 Å². The average molecular weight is 301 g/mol. The molecule has 0 spiro atoms. The smallest absolute Gasteiger partial charge is 0.244 e. The second kappa shape index (κ2) is 5.78. The van der Waals surface area contributed by atoms with Crippen molar-refractivity contribution in [2.45, 2.75) is 24.8 Å². The number of sulfonamides is 1. The number of nitrogens with one attached hydrogen (secondary N) is 2. The molecule has 0 aliphatic rings. The minimum Gasteiger partial charge on any atom is -0.325 e. The molecule has 0 fully saturated rings. The number of nitrogens with two attached hydrogens (primary N) is 1. The molecule has 0 aliphatic heterocycles. The number of nitrogens with zero attached hydrogens (tertiary/aromatic N) is 2. The van der Waals surface area contributed by atoms with Crippen LogP contribution in [0.5, 0.6) is 0 Å². The molecule has 2 rings (SSSR count). The molecule has 0 radical (unpaired) electrons. The minimum absolute atomic E-state index is 0.0761. The van der Waals surface area contributed by atoms with E-state index in [4.69, 9.17) is 5.73 Å². The number of H-pyrrole nitrogens is 1. The van der Waals surface area contributed by atoms with Gasteiger partial charge in [-0.05, 0) is 6.92 Å². The van der Waals surface area contributed by atoms with Crippen molar-refractivity contribution in [3.05, 3.63) is 28.0 Å². The summed E-state index contributed by atoms with van der Waals surface area (Å²) in [5.41, 5.74) is 8.91. The zero-order chi connectivity index (χ0) is 13.9. The second-order valence-corrected chi connectivity index (χ2v) is 6.38. The van der Waals surface area contributed by atoms with Crippen LogP contribution in [-0.2, 0) is 23.0 Å². The molecule has 19 heavy (non-hydrogen) atoms. The van der Waals surface area contributed by atoms with E-state index < -0.39 is 10.0 Å². The Kier molecular flexibility index (Phi) is 4.30. The molecule has 0 aliphatic carbocycles. The van der Waals surface area contributed by atoms with E-state index in [9.17, 15) is 8.42 Å². The van der Waals surface area contributed by atoms with Crippen LogP contribution >= 0.6 is 11.3 Å². The Labute approximate surface area is 115 Å². The van der Waals surface area contributed by atoms with Crippen LogP contribution < -0.4 is 10.5 Å². The number of aryl methyl sites for hydroxylation is 1. The van der Waals surface area contributed by atoms with Gasteiger partial charge in [0.2, 0.25) is 10.0 Å². The molecule has 7 nitrogen and oxygen atoms in total. The molecular weight excluding hydrogens is 286 g/mol. The van der Waals surface area contributed by atoms with Gasteiger partial charge in [-0.25, -0.2) is 18.1 Å². The maximum Gasteiger partial charge on any atom is 0.244 e. The lowest BCUT2D eigenvalue weighted by Gasteiger charge is -2.06. The molecule has 0 unspecified atom stereocenters. The third-order valence-corrected chi connectivity index (χ3v) is 4.88. The van der Waals surface area contributed by atoms with Gasteiger partial charge in [0.05, 0.1) is 22.6 Å². The Bertz CT molecular complexity index is 633. The van der Waals surface area contributed by atoms with E-state index in [0.717, 1.165) is 5.69 Å². The average Bonchev–Trinajstić information content (AvgIpc) is 2.98. The Balaban J connectivity index is 2.07. The molecule has 2 aromatic rings. The normalized spacial score (nSPS) is 11.9. The van der Waals surface area contributed by atoms with Crippen molar-refractivity contribution in [1.29, 1.82) is 0 Å². The largest absolute Gasteiger partial charge is 0.325 e. The Morgan fingerprint density at radius 1 is 1.53 bits per heavy atom. The number of aromatic nitrogens is 3. The summed E-state index contributed by atoms with van der Waals surface area (Å²) in [5, 5.41) is 8.41. The number of rotatable bonds is 6. The molecule has 0 saturated carbocycles. The lowest BCUT2D eigenvalue weighted by atomic mass is 10.3. The predicted octanol–water partition coefficient (Wildman–Crippen LogP) is 0.154. The van der Waals surface area contributed by atoms with Crippen LogP contribution in [0.1, 0.15) is 17.1 Å². The molecule has 2 heterocycles. The summed E-state index contributed by atoms with van der Waals surface area (Å²) in [6.45, 7) is 2.02. The van der Waals surface area contributed by atoms with Crippen LogP contribution in [0.2, 0.25) is 0 Å². The SMILES string of the molecule is Cc1[nH]nc(CN)c1S(=O)(=O)NCCc1cscn1. The van der Waals surface area contributed by atoms with Crippen LogP contribution in [0, 0.1) is 6.92 Å². The first-order chi connectivity index (χ1) is 9.04. The Hall–Kier alpha value is -1.29. The molecule has 4 N–H and O–H groups in total. The maximum absolute atomic E-state index is 12.2. The van der Waals surface area contributed by atoms with E-state index in [1.54, 1.807) is 12.4 Å². The van der Waals surface area contributed by atoms with Gasteiger partial charge >= 0.3 is 0 Å². The predicted molar refractivity (Wildman–Crippen MR) is 72.2 cm³/mol. The van der Waals surface area contributed by atoms with E-state index in [-0.39, 0.29) is 11.4 Å². The molecule has 104 valence electrons. The summed E-state index contributed by atoms with van der Waals surface area (Å²) in [6, 6.07) is 0. The van der Waals surface area contributed by atoms with E-state index >= 15 is 0 Å². The third-order valence-electron chi connectivity index (χ3n) is 2.58. The van der Waals surface area contributed by atoms with Gasteiger partial charge in [0.15, 0.2) is 0 Å². The van der Waals surface area contributed by atoms with Crippen molar-refractivity contribution >= 4 is 21.4 Å². The molecule has 2 aromatic heterocycles. The van der Waals surface area contributed by atoms with Crippen molar-refractivity contribution in [2.75, 3.05) is 6.54 Å². The molecule has 9 heteroatoms. The summed E-state index contributed by atoms with van der Waals surface area (Å²) < 4.78 is 26.9. The maximum atomic E-state index is 12.2. The van der Waals surface area contributed by atoms with Crippen molar-refractivity contribution in [3.8, 4) is 0 Å². The van der Waals surface area contributed by atoms with Crippen molar-refractivity contribution in [2.24, 2.45) is 5.73 Å². The fourth-order valence-electron chi connectivity index (χ4n) is 1.71. The number of hydrogen-bond acceptors (Lipinski definition) is 6. The van der Waals surface area contributed by atoms with Crippen molar-refractivity contribution < 1.29 is 8.42 Å². The van der Waals surface area contributed by atoms with Crippen LogP contribution in [0.15, 0.2) is 15.8 Å². The first-order valence-electron chi connectivity index (χ1n) is 5.65. The fourth-order valence-corrected chi connectivity index (χ4v) is 3.71. The van der Waals surface area contributed by atoms with Crippen LogP contribution in [0.4, 0.5) is 0 Å². The molecular formula is C10H15N5O2S2. The van der Waals surface area contributed by atoms with Gasteiger partial charge in [-0.1, -0.05) is 0 Å². The number of hydrogen-bond donors (Lipinski definition) is 3. The topological polar surface area (TPSA) is 114 Å². The first kappa shape index (κ1) is 14.1. The zero-order valence-corrected chi connectivity index (χ0v) is 12.0. The first-order valence-corrected chi connectivity index (χ1v) is 8.08. The Morgan fingerprint density at radius 2 is 2.32 bits per heavy atom. The second-order valence-electron chi connectivity index (χ2n) is 3.96. The lowest BCUT2D eigenvalue weighted by Crippen LogP contribution is -2.27. The summed E-state index contributed by atoms with van der Waals surface area (Å²) >= 11 is 1.48. The standard InChI is InChI=1S/C10H15N5O2S2/c1-7-10(9(4-11)15-14-7)19(16,17)13-3-2-8-5-18-6-12-8/h5-6,13H,2-4,11H2,1H3,(H,14,15). The lowest BCUT2D eigenvalue weighted by molar-refractivity contribution is 0.579. The molecule has 0 saturated heterocycles. The Morgan fingerprint density at radius 3 is 2.95 bits per heavy atom. The van der Waals surface area contributed by atoms with Gasteiger partial charge in [-0.15, -0.1) is 11.3 Å². The van der Waals surface area contributed by atoms with Gasteiger partial charge in [0, 0.05) is 24.9 Å². The highest BCUT2D eigenvalue weighted by Crippen LogP contribution is 2.16. The van der Waals surface area contributed by atoms with Crippen molar-refractivity contribution in [3.63, 3.8) is 0 Å². The molecule has 0 bridgehead atoms. The monoisotopic (exact) mass is 301 g/mol. The van der Waals surface area contributed by atoms with E-state index in [0.29, 0.717) is 24.4 Å². The molecule has 0 aromatic carbocycles. The summed E-state index contributed by atoms with van der Waals surface area (Å²) in [5.74, 6) is 0. The summed E-state index contributed by atoms with van der Waals surface area (Å²) in [4.78, 5) is 4.24. The quantitative estimate of drug-likeness (QED) is 0.703.